The third-order valence-electron chi connectivity index (χ3n) is 5.21. The molecule has 0 saturated carbocycles. The number of rotatable bonds is 5. The van der Waals surface area contributed by atoms with Crippen molar-refractivity contribution in [1.82, 2.24) is 9.78 Å². The van der Waals surface area contributed by atoms with Crippen molar-refractivity contribution in [1.29, 1.82) is 0 Å². The van der Waals surface area contributed by atoms with Gasteiger partial charge in [-0.3, -0.25) is 14.3 Å². The summed E-state index contributed by atoms with van der Waals surface area (Å²) in [7, 11) is 0. The molecule has 1 aliphatic heterocycles. The summed E-state index contributed by atoms with van der Waals surface area (Å²) in [5.41, 5.74) is 4.59. The van der Waals surface area contributed by atoms with Gasteiger partial charge in [-0.25, -0.2) is 0 Å². The van der Waals surface area contributed by atoms with E-state index in [1.54, 1.807) is 30.5 Å². The number of benzene rings is 3. The van der Waals surface area contributed by atoms with Crippen molar-refractivity contribution >= 4 is 23.2 Å². The van der Waals surface area contributed by atoms with Gasteiger partial charge in [0.15, 0.2) is 6.61 Å². The van der Waals surface area contributed by atoms with Gasteiger partial charge in [-0.05, 0) is 47.0 Å². The Morgan fingerprint density at radius 3 is 2.72 bits per heavy atom. The van der Waals surface area contributed by atoms with Crippen LogP contribution in [0.1, 0.15) is 15.9 Å². The minimum Gasteiger partial charge on any atom is -0.482 e. The lowest BCUT2D eigenvalue weighted by molar-refractivity contribution is -0.118. The predicted molar refractivity (Wildman–Crippen MR) is 122 cm³/mol. The molecule has 4 aromatic rings. The van der Waals surface area contributed by atoms with Crippen LogP contribution in [0.5, 0.6) is 5.75 Å². The number of fused-ring (bicyclic) bond motifs is 1. The number of amides is 2. The highest BCUT2D eigenvalue weighted by atomic mass is 16.5. The number of ether oxygens (including phenoxy) is 1. The van der Waals surface area contributed by atoms with Gasteiger partial charge in [0.1, 0.15) is 5.75 Å². The largest absolute Gasteiger partial charge is 0.482 e. The van der Waals surface area contributed by atoms with E-state index in [9.17, 15) is 9.59 Å². The average Bonchev–Trinajstić information content (AvgIpc) is 3.32. The number of anilines is 2. The number of carbonyl (C=O) groups is 2. The van der Waals surface area contributed by atoms with Crippen molar-refractivity contribution in [2.24, 2.45) is 0 Å². The number of hydrogen-bond donors (Lipinski definition) is 2. The first-order valence-electron chi connectivity index (χ1n) is 10.2. The molecule has 1 aliphatic rings. The van der Waals surface area contributed by atoms with E-state index in [2.05, 4.69) is 15.7 Å². The fourth-order valence-electron chi connectivity index (χ4n) is 3.66. The maximum atomic E-state index is 13.1. The third-order valence-corrected chi connectivity index (χ3v) is 5.21. The zero-order chi connectivity index (χ0) is 21.9. The highest BCUT2D eigenvalue weighted by molar-refractivity contribution is 6.09. The van der Waals surface area contributed by atoms with Crippen LogP contribution >= 0.6 is 0 Å². The Morgan fingerprint density at radius 2 is 1.91 bits per heavy atom. The minimum absolute atomic E-state index is 0.00713. The molecule has 0 saturated heterocycles. The summed E-state index contributed by atoms with van der Waals surface area (Å²) in [6.45, 7) is 0.681. The van der Waals surface area contributed by atoms with Crippen molar-refractivity contribution < 1.29 is 14.3 Å². The molecule has 0 unspecified atom stereocenters. The minimum atomic E-state index is -0.232. The van der Waals surface area contributed by atoms with Gasteiger partial charge in [0.25, 0.3) is 11.8 Å². The average molecular weight is 424 g/mol. The van der Waals surface area contributed by atoms with Crippen LogP contribution < -0.4 is 15.4 Å². The molecule has 2 amide bonds. The van der Waals surface area contributed by atoms with Crippen LogP contribution in [0.2, 0.25) is 0 Å². The molecule has 7 nitrogen and oxygen atoms in total. The van der Waals surface area contributed by atoms with Gasteiger partial charge < -0.3 is 15.4 Å². The Balaban J connectivity index is 1.37. The number of nitrogens with zero attached hydrogens (tertiary/aromatic N) is 2. The van der Waals surface area contributed by atoms with E-state index in [1.807, 2.05) is 59.4 Å². The molecule has 0 aliphatic carbocycles. The second-order valence-electron chi connectivity index (χ2n) is 7.45. The van der Waals surface area contributed by atoms with E-state index in [4.69, 9.17) is 4.74 Å². The first kappa shape index (κ1) is 19.6. The molecule has 1 aromatic heterocycles. The van der Waals surface area contributed by atoms with E-state index in [-0.39, 0.29) is 18.4 Å². The predicted octanol–water partition coefficient (Wildman–Crippen LogP) is 4.18. The number of hydrogen-bond acceptors (Lipinski definition) is 4. The SMILES string of the molecule is O=C1COc2ccc(NC(=O)c3ccccc3-c3ccc(Cn4cccn4)cc3)cc2N1. The summed E-state index contributed by atoms with van der Waals surface area (Å²) in [6.07, 6.45) is 3.68. The Bertz CT molecular complexity index is 1280. The van der Waals surface area contributed by atoms with E-state index >= 15 is 0 Å². The molecule has 0 spiro atoms. The van der Waals surface area contributed by atoms with Crippen LogP contribution in [-0.4, -0.2) is 28.2 Å². The Labute approximate surface area is 184 Å². The molecular formula is C25H20N4O3. The standard InChI is InChI=1S/C25H20N4O3/c30-24-16-32-23-11-10-19(14-22(23)28-24)27-25(31)21-5-2-1-4-20(21)18-8-6-17(7-9-18)15-29-13-3-12-26-29/h1-14H,15-16H2,(H,27,31)(H,28,30). The van der Waals surface area contributed by atoms with Gasteiger partial charge in [0, 0.05) is 23.6 Å². The second kappa shape index (κ2) is 8.39. The monoisotopic (exact) mass is 424 g/mol. The molecule has 32 heavy (non-hydrogen) atoms. The van der Waals surface area contributed by atoms with Gasteiger partial charge in [-0.1, -0.05) is 42.5 Å². The first-order chi connectivity index (χ1) is 15.7. The zero-order valence-corrected chi connectivity index (χ0v) is 17.1. The van der Waals surface area contributed by atoms with E-state index < -0.39 is 0 Å². The molecule has 158 valence electrons. The topological polar surface area (TPSA) is 85.2 Å². The van der Waals surface area contributed by atoms with E-state index in [0.717, 1.165) is 16.7 Å². The molecular weight excluding hydrogens is 404 g/mol. The normalized spacial score (nSPS) is 12.4. The van der Waals surface area contributed by atoms with Gasteiger partial charge in [-0.15, -0.1) is 0 Å². The molecule has 7 heteroatoms. The van der Waals surface area contributed by atoms with Crippen molar-refractivity contribution in [3.05, 3.63) is 96.3 Å². The van der Waals surface area contributed by atoms with Crippen molar-refractivity contribution in [2.75, 3.05) is 17.2 Å². The number of carbonyl (C=O) groups excluding carboxylic acids is 2. The molecule has 2 heterocycles. The van der Waals surface area contributed by atoms with Crippen LogP contribution in [0, 0.1) is 0 Å². The molecule has 2 N–H and O–H groups in total. The Hall–Kier alpha value is -4.39. The fourth-order valence-corrected chi connectivity index (χ4v) is 3.66. The smallest absolute Gasteiger partial charge is 0.262 e. The highest BCUT2D eigenvalue weighted by Crippen LogP contribution is 2.31. The summed E-state index contributed by atoms with van der Waals surface area (Å²) >= 11 is 0. The summed E-state index contributed by atoms with van der Waals surface area (Å²) in [5, 5.41) is 9.90. The molecule has 0 fully saturated rings. The van der Waals surface area contributed by atoms with Crippen molar-refractivity contribution in [3.8, 4) is 16.9 Å². The van der Waals surface area contributed by atoms with Crippen LogP contribution in [-0.2, 0) is 11.3 Å². The summed E-state index contributed by atoms with van der Waals surface area (Å²) < 4.78 is 7.23. The molecule has 0 bridgehead atoms. The quantitative estimate of drug-likeness (QED) is 0.503. The second-order valence-corrected chi connectivity index (χ2v) is 7.45. The van der Waals surface area contributed by atoms with Gasteiger partial charge in [-0.2, -0.15) is 5.10 Å². The van der Waals surface area contributed by atoms with Gasteiger partial charge >= 0.3 is 0 Å². The van der Waals surface area contributed by atoms with Crippen molar-refractivity contribution in [2.45, 2.75) is 6.54 Å². The Kier molecular flexibility index (Phi) is 5.13. The van der Waals surface area contributed by atoms with Crippen LogP contribution in [0.4, 0.5) is 11.4 Å². The highest BCUT2D eigenvalue weighted by Gasteiger charge is 2.18. The third kappa shape index (κ3) is 4.09. The molecule has 3 aromatic carbocycles. The maximum absolute atomic E-state index is 13.1. The molecule has 0 radical (unpaired) electrons. The summed E-state index contributed by atoms with van der Waals surface area (Å²) in [5.74, 6) is 0.129. The molecule has 0 atom stereocenters. The lowest BCUT2D eigenvalue weighted by Gasteiger charge is -2.19. The lowest BCUT2D eigenvalue weighted by Crippen LogP contribution is -2.25. The van der Waals surface area contributed by atoms with Gasteiger partial charge in [0.05, 0.1) is 12.2 Å². The van der Waals surface area contributed by atoms with Crippen LogP contribution in [0.3, 0.4) is 0 Å². The fraction of sp³-hybridized carbons (Fsp3) is 0.0800. The van der Waals surface area contributed by atoms with Crippen LogP contribution in [0.25, 0.3) is 11.1 Å². The van der Waals surface area contributed by atoms with Gasteiger partial charge in [0.2, 0.25) is 0 Å². The van der Waals surface area contributed by atoms with E-state index in [0.29, 0.717) is 29.2 Å². The summed E-state index contributed by atoms with van der Waals surface area (Å²) in [6, 6.07) is 22.6. The Morgan fingerprint density at radius 1 is 1.06 bits per heavy atom. The lowest BCUT2D eigenvalue weighted by atomic mass is 9.98. The van der Waals surface area contributed by atoms with Crippen molar-refractivity contribution in [3.63, 3.8) is 0 Å². The first-order valence-corrected chi connectivity index (χ1v) is 10.2. The number of aromatic nitrogens is 2. The molecule has 5 rings (SSSR count). The summed E-state index contributed by atoms with van der Waals surface area (Å²) in [4.78, 5) is 24.6. The number of nitrogens with one attached hydrogen (secondary N) is 2. The maximum Gasteiger partial charge on any atom is 0.262 e. The zero-order valence-electron chi connectivity index (χ0n) is 17.1. The van der Waals surface area contributed by atoms with Crippen LogP contribution in [0.15, 0.2) is 85.2 Å². The van der Waals surface area contributed by atoms with E-state index in [1.165, 1.54) is 0 Å².